The van der Waals surface area contributed by atoms with Crippen LogP contribution in [0.4, 0.5) is 0 Å². The normalized spacial score (nSPS) is 11.0. The molecule has 90 valence electrons. The zero-order valence-electron chi connectivity index (χ0n) is 10.4. The molecule has 2 aromatic heterocycles. The molecule has 0 radical (unpaired) electrons. The maximum absolute atomic E-state index is 8.38. The van der Waals surface area contributed by atoms with E-state index in [9.17, 15) is 0 Å². The summed E-state index contributed by atoms with van der Waals surface area (Å²) in [5.41, 5.74) is 3.27. The van der Waals surface area contributed by atoms with Crippen LogP contribution in [0.3, 0.4) is 0 Å². The van der Waals surface area contributed by atoms with Crippen molar-refractivity contribution in [3.8, 4) is 5.69 Å². The lowest BCUT2D eigenvalue weighted by Gasteiger charge is -2.11. The Balaban J connectivity index is 2.43. The number of nitrogens with one attached hydrogen (secondary N) is 2. The second kappa shape index (κ2) is 3.84. The van der Waals surface area contributed by atoms with Gasteiger partial charge < -0.3 is 4.98 Å². The monoisotopic (exact) mass is 238 g/mol. The summed E-state index contributed by atoms with van der Waals surface area (Å²) in [5.74, 6) is 0.806. The Hall–Kier alpha value is -2.36. The van der Waals surface area contributed by atoms with Crippen LogP contribution in [0.2, 0.25) is 0 Å². The molecule has 1 aromatic carbocycles. The molecule has 0 saturated carbocycles. The molecular formula is C14H14N4. The van der Waals surface area contributed by atoms with Crippen LogP contribution < -0.4 is 5.49 Å². The van der Waals surface area contributed by atoms with Gasteiger partial charge in [-0.25, -0.2) is 4.98 Å². The Morgan fingerprint density at radius 1 is 1.17 bits per heavy atom. The van der Waals surface area contributed by atoms with Crippen LogP contribution in [0.1, 0.15) is 11.4 Å². The van der Waals surface area contributed by atoms with E-state index in [4.69, 9.17) is 5.41 Å². The van der Waals surface area contributed by atoms with E-state index in [1.165, 1.54) is 0 Å². The van der Waals surface area contributed by atoms with Crippen LogP contribution in [0.5, 0.6) is 0 Å². The first kappa shape index (κ1) is 10.8. The molecule has 0 saturated heterocycles. The van der Waals surface area contributed by atoms with Gasteiger partial charge in [0, 0.05) is 11.9 Å². The maximum Gasteiger partial charge on any atom is 0.143 e. The zero-order chi connectivity index (χ0) is 12.7. The molecule has 0 fully saturated rings. The van der Waals surface area contributed by atoms with Crippen molar-refractivity contribution in [1.29, 1.82) is 5.41 Å². The van der Waals surface area contributed by atoms with Crippen LogP contribution in [0.15, 0.2) is 36.5 Å². The molecule has 3 aromatic rings. The first-order valence-electron chi connectivity index (χ1n) is 5.86. The number of hydrogen-bond acceptors (Lipinski definition) is 2. The molecule has 0 aliphatic carbocycles. The van der Waals surface area contributed by atoms with Crippen molar-refractivity contribution in [2.24, 2.45) is 0 Å². The summed E-state index contributed by atoms with van der Waals surface area (Å²) in [6, 6.07) is 9.88. The Bertz CT molecular complexity index is 766. The molecule has 18 heavy (non-hydrogen) atoms. The Kier molecular flexibility index (Phi) is 2.30. The fourth-order valence-corrected chi connectivity index (χ4v) is 2.27. The highest BCUT2D eigenvalue weighted by Crippen LogP contribution is 2.14. The van der Waals surface area contributed by atoms with Crippen molar-refractivity contribution in [2.45, 2.75) is 13.8 Å². The summed E-state index contributed by atoms with van der Waals surface area (Å²) in [7, 11) is 0. The summed E-state index contributed by atoms with van der Waals surface area (Å²) in [6.07, 6.45) is 1.89. The van der Waals surface area contributed by atoms with Crippen LogP contribution in [-0.2, 0) is 0 Å². The van der Waals surface area contributed by atoms with Gasteiger partial charge >= 0.3 is 0 Å². The van der Waals surface area contributed by atoms with E-state index < -0.39 is 0 Å². The van der Waals surface area contributed by atoms with Crippen molar-refractivity contribution in [2.75, 3.05) is 0 Å². The Morgan fingerprint density at radius 2 is 1.89 bits per heavy atom. The number of fused-ring (bicyclic) bond motifs is 1. The average molecular weight is 238 g/mol. The van der Waals surface area contributed by atoms with Gasteiger partial charge in [0.15, 0.2) is 0 Å². The van der Waals surface area contributed by atoms with Crippen molar-refractivity contribution in [1.82, 2.24) is 14.5 Å². The molecule has 0 atom stereocenters. The van der Waals surface area contributed by atoms with Crippen molar-refractivity contribution in [3.05, 3.63) is 53.4 Å². The minimum atomic E-state index is 0.474. The smallest absolute Gasteiger partial charge is 0.143 e. The van der Waals surface area contributed by atoms with E-state index in [0.29, 0.717) is 5.49 Å². The molecular weight excluding hydrogens is 224 g/mol. The number of H-pyrrole nitrogens is 1. The third-order valence-corrected chi connectivity index (χ3v) is 3.13. The van der Waals surface area contributed by atoms with E-state index >= 15 is 0 Å². The lowest BCUT2D eigenvalue weighted by molar-refractivity contribution is 0.854. The highest BCUT2D eigenvalue weighted by molar-refractivity contribution is 5.78. The minimum absolute atomic E-state index is 0.474. The van der Waals surface area contributed by atoms with Gasteiger partial charge in [-0.05, 0) is 31.5 Å². The van der Waals surface area contributed by atoms with E-state index in [2.05, 4.69) is 9.97 Å². The number of aromatic amines is 1. The van der Waals surface area contributed by atoms with Gasteiger partial charge in [-0.2, -0.15) is 0 Å². The van der Waals surface area contributed by atoms with Gasteiger partial charge in [-0.15, -0.1) is 0 Å². The molecule has 0 aliphatic rings. The average Bonchev–Trinajstić information content (AvgIpc) is 2.72. The van der Waals surface area contributed by atoms with E-state index in [1.54, 1.807) is 0 Å². The third kappa shape index (κ3) is 1.46. The lowest BCUT2D eigenvalue weighted by atomic mass is 10.2. The molecule has 4 nitrogen and oxygen atoms in total. The second-order valence-electron chi connectivity index (χ2n) is 4.37. The van der Waals surface area contributed by atoms with Crippen LogP contribution in [0, 0.1) is 19.3 Å². The summed E-state index contributed by atoms with van der Waals surface area (Å²) < 4.78 is 1.86. The lowest BCUT2D eigenvalue weighted by Crippen LogP contribution is -2.22. The van der Waals surface area contributed by atoms with Crippen molar-refractivity contribution < 1.29 is 0 Å². The topological polar surface area (TPSA) is 57.5 Å². The summed E-state index contributed by atoms with van der Waals surface area (Å²) in [6.45, 7) is 3.91. The zero-order valence-corrected chi connectivity index (χ0v) is 10.4. The fourth-order valence-electron chi connectivity index (χ4n) is 2.27. The summed E-state index contributed by atoms with van der Waals surface area (Å²) >= 11 is 0. The van der Waals surface area contributed by atoms with Crippen molar-refractivity contribution >= 4 is 11.0 Å². The summed E-state index contributed by atoms with van der Waals surface area (Å²) in [4.78, 5) is 7.62. The molecule has 0 aliphatic heterocycles. The second-order valence-corrected chi connectivity index (χ2v) is 4.37. The minimum Gasteiger partial charge on any atom is -0.346 e. The van der Waals surface area contributed by atoms with Gasteiger partial charge in [-0.3, -0.25) is 9.98 Å². The Morgan fingerprint density at radius 3 is 2.61 bits per heavy atom. The van der Waals surface area contributed by atoms with E-state index in [0.717, 1.165) is 28.1 Å². The molecule has 0 amide bonds. The number of aromatic nitrogens is 3. The number of benzene rings is 1. The highest BCUT2D eigenvalue weighted by atomic mass is 15.1. The first-order valence-corrected chi connectivity index (χ1v) is 5.86. The number of aryl methyl sites for hydroxylation is 2. The molecule has 0 bridgehead atoms. The number of nitrogens with zero attached hydrogens (tertiary/aromatic N) is 2. The number of rotatable bonds is 1. The van der Waals surface area contributed by atoms with Crippen molar-refractivity contribution in [3.63, 3.8) is 0 Å². The van der Waals surface area contributed by atoms with Gasteiger partial charge in [0.05, 0.1) is 5.39 Å². The van der Waals surface area contributed by atoms with E-state index in [-0.39, 0.29) is 0 Å². The standard InChI is InChI=1S/C14H14N4/c1-9-8-16-14-12(9)13(15)18(10(2)17-14)11-6-4-3-5-7-11/h3-8,15-16H,1-2H3. The quantitative estimate of drug-likeness (QED) is 0.672. The molecule has 0 unspecified atom stereocenters. The predicted octanol–water partition coefficient (Wildman–Crippen LogP) is 2.45. The van der Waals surface area contributed by atoms with Crippen LogP contribution in [0.25, 0.3) is 16.7 Å². The molecule has 2 N–H and O–H groups in total. The van der Waals surface area contributed by atoms with Crippen LogP contribution in [-0.4, -0.2) is 14.5 Å². The SMILES string of the molecule is Cc1c[nH]c2nc(C)n(-c3ccccc3)c(=N)c12. The van der Waals surface area contributed by atoms with Crippen LogP contribution >= 0.6 is 0 Å². The third-order valence-electron chi connectivity index (χ3n) is 3.13. The van der Waals surface area contributed by atoms with Gasteiger partial charge in [-0.1, -0.05) is 18.2 Å². The number of hydrogen-bond donors (Lipinski definition) is 2. The predicted molar refractivity (Wildman–Crippen MR) is 70.7 cm³/mol. The number of para-hydroxylation sites is 1. The maximum atomic E-state index is 8.38. The largest absolute Gasteiger partial charge is 0.346 e. The fraction of sp³-hybridized carbons (Fsp3) is 0.143. The van der Waals surface area contributed by atoms with E-state index in [1.807, 2.05) is 54.9 Å². The molecule has 3 rings (SSSR count). The highest BCUT2D eigenvalue weighted by Gasteiger charge is 2.10. The summed E-state index contributed by atoms with van der Waals surface area (Å²) in [5, 5.41) is 9.26. The molecule has 0 spiro atoms. The first-order chi connectivity index (χ1) is 8.68. The molecule has 4 heteroatoms. The van der Waals surface area contributed by atoms with Gasteiger partial charge in [0.1, 0.15) is 17.0 Å². The molecule has 2 heterocycles. The van der Waals surface area contributed by atoms with Gasteiger partial charge in [0.2, 0.25) is 0 Å². The van der Waals surface area contributed by atoms with Gasteiger partial charge in [0.25, 0.3) is 0 Å². The Labute approximate surface area is 104 Å².